The molecule has 2 heterocycles. The average Bonchev–Trinajstić information content (AvgIpc) is 2.73. The third-order valence-corrected chi connectivity index (χ3v) is 5.48. The standard InChI is InChI=1S/C12H22N4O2S/c1-10(2)16-9-12(11(3)13-16)19(17,18)15-7-5-14(4)6-8-15/h9-10H,5-8H2,1-4H3. The first-order valence-electron chi connectivity index (χ1n) is 6.57. The fourth-order valence-electron chi connectivity index (χ4n) is 2.15. The van der Waals surface area contributed by atoms with Gasteiger partial charge in [-0.25, -0.2) is 8.42 Å². The van der Waals surface area contributed by atoms with Crippen LogP contribution in [-0.2, 0) is 10.0 Å². The zero-order valence-corrected chi connectivity index (χ0v) is 12.8. The molecule has 0 saturated carbocycles. The molecular formula is C12H22N4O2S. The summed E-state index contributed by atoms with van der Waals surface area (Å²) in [6, 6.07) is 0.162. The van der Waals surface area contributed by atoms with Gasteiger partial charge in [0.25, 0.3) is 0 Å². The average molecular weight is 286 g/mol. The Kier molecular flexibility index (Phi) is 3.98. The lowest BCUT2D eigenvalue weighted by molar-refractivity contribution is 0.222. The van der Waals surface area contributed by atoms with Crippen molar-refractivity contribution < 1.29 is 8.42 Å². The molecular weight excluding hydrogens is 264 g/mol. The predicted octanol–water partition coefficient (Wildman–Crippen LogP) is 0.709. The van der Waals surface area contributed by atoms with Crippen molar-refractivity contribution >= 4 is 10.0 Å². The topological polar surface area (TPSA) is 58.4 Å². The van der Waals surface area contributed by atoms with Crippen LogP contribution in [0.4, 0.5) is 0 Å². The maximum Gasteiger partial charge on any atom is 0.246 e. The first-order valence-corrected chi connectivity index (χ1v) is 8.01. The third kappa shape index (κ3) is 2.82. The van der Waals surface area contributed by atoms with E-state index in [2.05, 4.69) is 10.00 Å². The number of hydrogen-bond donors (Lipinski definition) is 0. The number of piperazine rings is 1. The first-order chi connectivity index (χ1) is 8.82. The molecule has 1 aliphatic rings. The molecule has 0 bridgehead atoms. The Labute approximate surface area is 115 Å². The number of nitrogens with zero attached hydrogens (tertiary/aromatic N) is 4. The van der Waals surface area contributed by atoms with Crippen molar-refractivity contribution in [2.24, 2.45) is 0 Å². The molecule has 0 aromatic carbocycles. The van der Waals surface area contributed by atoms with Gasteiger partial charge in [-0.2, -0.15) is 9.40 Å². The summed E-state index contributed by atoms with van der Waals surface area (Å²) >= 11 is 0. The lowest BCUT2D eigenvalue weighted by Crippen LogP contribution is -2.47. The van der Waals surface area contributed by atoms with E-state index in [0.29, 0.717) is 23.7 Å². The van der Waals surface area contributed by atoms with E-state index in [-0.39, 0.29) is 6.04 Å². The quantitative estimate of drug-likeness (QED) is 0.821. The van der Waals surface area contributed by atoms with Gasteiger partial charge in [0, 0.05) is 38.4 Å². The molecule has 19 heavy (non-hydrogen) atoms. The molecule has 0 spiro atoms. The van der Waals surface area contributed by atoms with E-state index in [9.17, 15) is 8.42 Å². The monoisotopic (exact) mass is 286 g/mol. The van der Waals surface area contributed by atoms with Crippen LogP contribution in [0.1, 0.15) is 25.6 Å². The highest BCUT2D eigenvalue weighted by atomic mass is 32.2. The highest BCUT2D eigenvalue weighted by Crippen LogP contribution is 2.21. The predicted molar refractivity (Wildman–Crippen MR) is 73.6 cm³/mol. The largest absolute Gasteiger partial charge is 0.304 e. The van der Waals surface area contributed by atoms with Gasteiger partial charge < -0.3 is 4.90 Å². The highest BCUT2D eigenvalue weighted by molar-refractivity contribution is 7.89. The second-order valence-electron chi connectivity index (χ2n) is 5.36. The van der Waals surface area contributed by atoms with E-state index in [4.69, 9.17) is 0 Å². The lowest BCUT2D eigenvalue weighted by atomic mass is 10.4. The van der Waals surface area contributed by atoms with Crippen LogP contribution in [0.25, 0.3) is 0 Å². The van der Waals surface area contributed by atoms with E-state index in [1.54, 1.807) is 22.1 Å². The minimum Gasteiger partial charge on any atom is -0.304 e. The second-order valence-corrected chi connectivity index (χ2v) is 7.27. The van der Waals surface area contributed by atoms with Crippen molar-refractivity contribution in [1.29, 1.82) is 0 Å². The minimum absolute atomic E-state index is 0.162. The Morgan fingerprint density at radius 2 is 1.79 bits per heavy atom. The summed E-state index contributed by atoms with van der Waals surface area (Å²) in [6.07, 6.45) is 1.65. The number of aromatic nitrogens is 2. The normalized spacial score (nSPS) is 19.2. The first kappa shape index (κ1) is 14.5. The molecule has 0 N–H and O–H groups in total. The summed E-state index contributed by atoms with van der Waals surface area (Å²) in [7, 11) is -1.40. The summed E-state index contributed by atoms with van der Waals surface area (Å²) in [5.41, 5.74) is 0.577. The number of likely N-dealkylation sites (N-methyl/N-ethyl adjacent to an activating group) is 1. The number of aryl methyl sites for hydroxylation is 1. The van der Waals surface area contributed by atoms with E-state index < -0.39 is 10.0 Å². The van der Waals surface area contributed by atoms with Crippen LogP contribution in [-0.4, -0.2) is 60.6 Å². The third-order valence-electron chi connectivity index (χ3n) is 3.48. The Hall–Kier alpha value is -0.920. The van der Waals surface area contributed by atoms with Crippen LogP contribution in [0.2, 0.25) is 0 Å². The van der Waals surface area contributed by atoms with E-state index in [1.165, 1.54) is 0 Å². The second kappa shape index (κ2) is 5.22. The number of hydrogen-bond acceptors (Lipinski definition) is 4. The van der Waals surface area contributed by atoms with Gasteiger partial charge in [0.1, 0.15) is 4.90 Å². The SMILES string of the molecule is Cc1nn(C(C)C)cc1S(=O)(=O)N1CCN(C)CC1. The van der Waals surface area contributed by atoms with Gasteiger partial charge in [0.05, 0.1) is 5.69 Å². The fraction of sp³-hybridized carbons (Fsp3) is 0.750. The number of sulfonamides is 1. The van der Waals surface area contributed by atoms with Crippen molar-refractivity contribution in [2.75, 3.05) is 33.2 Å². The van der Waals surface area contributed by atoms with Gasteiger partial charge in [0.2, 0.25) is 10.0 Å². The molecule has 0 amide bonds. The molecule has 1 saturated heterocycles. The molecule has 1 aliphatic heterocycles. The van der Waals surface area contributed by atoms with Crippen molar-refractivity contribution in [3.05, 3.63) is 11.9 Å². The zero-order valence-electron chi connectivity index (χ0n) is 12.0. The fourth-order valence-corrected chi connectivity index (χ4v) is 3.73. The Morgan fingerprint density at radius 1 is 1.21 bits per heavy atom. The smallest absolute Gasteiger partial charge is 0.246 e. The molecule has 2 rings (SSSR count). The molecule has 1 aromatic heterocycles. The van der Waals surface area contributed by atoms with Crippen LogP contribution in [0.3, 0.4) is 0 Å². The molecule has 0 radical (unpaired) electrons. The molecule has 1 fully saturated rings. The number of rotatable bonds is 3. The highest BCUT2D eigenvalue weighted by Gasteiger charge is 2.30. The summed E-state index contributed by atoms with van der Waals surface area (Å²) in [6.45, 7) is 8.36. The molecule has 1 aromatic rings. The van der Waals surface area contributed by atoms with E-state index >= 15 is 0 Å². The molecule has 0 unspecified atom stereocenters. The van der Waals surface area contributed by atoms with Gasteiger partial charge in [-0.15, -0.1) is 0 Å². The van der Waals surface area contributed by atoms with Gasteiger partial charge in [-0.05, 0) is 27.8 Å². The maximum atomic E-state index is 12.6. The summed E-state index contributed by atoms with van der Waals surface area (Å²) in [5.74, 6) is 0. The van der Waals surface area contributed by atoms with Crippen LogP contribution in [0.15, 0.2) is 11.1 Å². The van der Waals surface area contributed by atoms with E-state index in [1.807, 2.05) is 20.9 Å². The molecule has 7 heteroatoms. The van der Waals surface area contributed by atoms with Crippen molar-refractivity contribution in [2.45, 2.75) is 31.7 Å². The Balaban J connectivity index is 2.29. The molecule has 0 aliphatic carbocycles. The van der Waals surface area contributed by atoms with Gasteiger partial charge in [-0.3, -0.25) is 4.68 Å². The zero-order chi connectivity index (χ0) is 14.2. The van der Waals surface area contributed by atoms with Crippen molar-refractivity contribution in [1.82, 2.24) is 19.0 Å². The summed E-state index contributed by atoms with van der Waals surface area (Å²) < 4.78 is 28.5. The van der Waals surface area contributed by atoms with Crippen molar-refractivity contribution in [3.63, 3.8) is 0 Å². The van der Waals surface area contributed by atoms with Crippen LogP contribution in [0.5, 0.6) is 0 Å². The molecule has 0 atom stereocenters. The van der Waals surface area contributed by atoms with Gasteiger partial charge in [0.15, 0.2) is 0 Å². The summed E-state index contributed by atoms with van der Waals surface area (Å²) in [5, 5.41) is 4.29. The lowest BCUT2D eigenvalue weighted by Gasteiger charge is -2.31. The summed E-state index contributed by atoms with van der Waals surface area (Å²) in [4.78, 5) is 2.47. The van der Waals surface area contributed by atoms with E-state index in [0.717, 1.165) is 13.1 Å². The minimum atomic E-state index is -3.41. The van der Waals surface area contributed by atoms with Gasteiger partial charge in [-0.1, -0.05) is 0 Å². The Morgan fingerprint density at radius 3 is 2.26 bits per heavy atom. The van der Waals surface area contributed by atoms with Crippen LogP contribution < -0.4 is 0 Å². The molecule has 108 valence electrons. The Bertz CT molecular complexity index is 542. The van der Waals surface area contributed by atoms with Crippen LogP contribution >= 0.6 is 0 Å². The van der Waals surface area contributed by atoms with Gasteiger partial charge >= 0.3 is 0 Å². The van der Waals surface area contributed by atoms with Crippen LogP contribution in [0, 0.1) is 6.92 Å². The maximum absolute atomic E-state index is 12.6. The van der Waals surface area contributed by atoms with Crippen molar-refractivity contribution in [3.8, 4) is 0 Å². The molecule has 6 nitrogen and oxygen atoms in total.